The lowest BCUT2D eigenvalue weighted by Crippen LogP contribution is -2.38. The van der Waals surface area contributed by atoms with Gasteiger partial charge in [0.1, 0.15) is 5.01 Å². The first-order valence-electron chi connectivity index (χ1n) is 12.4. The first-order valence-corrected chi connectivity index (χ1v) is 15.7. The minimum Gasteiger partial charge on any atom is -0.392 e. The Morgan fingerprint density at radius 1 is 0.974 bits per heavy atom. The van der Waals surface area contributed by atoms with Crippen LogP contribution in [0.2, 0.25) is 0 Å². The summed E-state index contributed by atoms with van der Waals surface area (Å²) in [4.78, 5) is 0.185. The van der Waals surface area contributed by atoms with Gasteiger partial charge in [0, 0.05) is 22.9 Å². The van der Waals surface area contributed by atoms with E-state index in [9.17, 15) is 13.5 Å². The Kier molecular flexibility index (Phi) is 8.65. The molecule has 0 spiro atoms. The van der Waals surface area contributed by atoms with Gasteiger partial charge in [0.05, 0.1) is 23.7 Å². The van der Waals surface area contributed by atoms with Crippen LogP contribution in [-0.2, 0) is 26.1 Å². The predicted octanol–water partition coefficient (Wildman–Crippen LogP) is 5.72. The van der Waals surface area contributed by atoms with Gasteiger partial charge in [-0.3, -0.25) is 4.72 Å². The second-order valence-electron chi connectivity index (χ2n) is 9.26. The fourth-order valence-electron chi connectivity index (χ4n) is 4.36. The topological polar surface area (TPSA) is 111 Å². The van der Waals surface area contributed by atoms with Gasteiger partial charge >= 0.3 is 0 Å². The Bertz CT molecular complexity index is 1500. The summed E-state index contributed by atoms with van der Waals surface area (Å²) in [6, 6.07) is 23.1. The number of hydrogen-bond acceptors (Lipinski definition) is 9. The van der Waals surface area contributed by atoms with Gasteiger partial charge < -0.3 is 14.6 Å². The van der Waals surface area contributed by atoms with E-state index in [1.54, 1.807) is 71.6 Å². The van der Waals surface area contributed by atoms with Crippen LogP contribution in [0.3, 0.4) is 0 Å². The van der Waals surface area contributed by atoms with E-state index < -0.39 is 16.3 Å². The SMILES string of the molecule is Cc1nnc(SCC2OC(c3cccc(NS(=O)(=O)c4ccccc4)c3)OC(c3ccc(CO)cc3)C2C)s1. The Hall–Kier alpha value is -2.80. The number of sulfonamides is 1. The maximum Gasteiger partial charge on any atom is 0.261 e. The molecule has 4 unspecified atom stereocenters. The number of thioether (sulfide) groups is 1. The van der Waals surface area contributed by atoms with Crippen molar-refractivity contribution in [3.8, 4) is 0 Å². The molecule has 0 saturated carbocycles. The molecule has 0 aliphatic carbocycles. The molecular weight excluding hydrogens is 555 g/mol. The molecule has 204 valence electrons. The second kappa shape index (κ2) is 12.2. The van der Waals surface area contributed by atoms with Crippen molar-refractivity contribution in [1.82, 2.24) is 10.2 Å². The monoisotopic (exact) mass is 583 g/mol. The van der Waals surface area contributed by atoms with Crippen LogP contribution in [-0.4, -0.2) is 35.6 Å². The highest BCUT2D eigenvalue weighted by Crippen LogP contribution is 2.43. The molecule has 0 radical (unpaired) electrons. The van der Waals surface area contributed by atoms with Crippen molar-refractivity contribution in [2.24, 2.45) is 5.92 Å². The molecule has 0 bridgehead atoms. The molecule has 4 atom stereocenters. The average Bonchev–Trinajstić information content (AvgIpc) is 3.38. The molecular formula is C28H29N3O5S3. The number of ether oxygens (including phenoxy) is 2. The zero-order valence-corrected chi connectivity index (χ0v) is 23.9. The second-order valence-corrected chi connectivity index (χ2v) is 13.4. The molecule has 8 nitrogen and oxygen atoms in total. The summed E-state index contributed by atoms with van der Waals surface area (Å²) in [6.07, 6.45) is -1.17. The van der Waals surface area contributed by atoms with Gasteiger partial charge in [-0.2, -0.15) is 0 Å². The minimum absolute atomic E-state index is 0.0162. The number of aromatic nitrogens is 2. The predicted molar refractivity (Wildman–Crippen MR) is 152 cm³/mol. The Morgan fingerprint density at radius 2 is 1.74 bits per heavy atom. The number of rotatable bonds is 9. The lowest BCUT2D eigenvalue weighted by molar-refractivity contribution is -0.268. The molecule has 1 saturated heterocycles. The highest BCUT2D eigenvalue weighted by atomic mass is 32.2. The first-order chi connectivity index (χ1) is 18.8. The summed E-state index contributed by atoms with van der Waals surface area (Å²) in [7, 11) is -3.75. The summed E-state index contributed by atoms with van der Waals surface area (Å²) in [5, 5.41) is 18.7. The van der Waals surface area contributed by atoms with E-state index in [1.165, 1.54) is 0 Å². The van der Waals surface area contributed by atoms with Crippen LogP contribution < -0.4 is 4.72 Å². The molecule has 11 heteroatoms. The van der Waals surface area contributed by atoms with Crippen LogP contribution in [0.15, 0.2) is 88.1 Å². The largest absolute Gasteiger partial charge is 0.392 e. The van der Waals surface area contributed by atoms with Crippen LogP contribution in [0.1, 0.15) is 41.0 Å². The van der Waals surface area contributed by atoms with Crippen molar-refractivity contribution >= 4 is 38.8 Å². The number of anilines is 1. The number of aliphatic hydroxyl groups excluding tert-OH is 1. The van der Waals surface area contributed by atoms with E-state index in [4.69, 9.17) is 9.47 Å². The number of nitrogens with one attached hydrogen (secondary N) is 1. The maximum atomic E-state index is 12.9. The summed E-state index contributed by atoms with van der Waals surface area (Å²) in [6.45, 7) is 4.00. The van der Waals surface area contributed by atoms with Crippen molar-refractivity contribution in [3.63, 3.8) is 0 Å². The standard InChI is InChI=1S/C28H29N3O5S3/c1-18-25(17-37-28-30-29-19(2)38-28)35-27(36-26(18)21-13-11-20(16-32)12-14-21)22-7-6-8-23(15-22)31-39(33,34)24-9-4-3-5-10-24/h3-15,18,25-27,31-32H,16-17H2,1-2H3. The molecule has 4 aromatic rings. The van der Waals surface area contributed by atoms with Crippen LogP contribution in [0.4, 0.5) is 5.69 Å². The number of nitrogens with zero attached hydrogens (tertiary/aromatic N) is 2. The van der Waals surface area contributed by atoms with Gasteiger partial charge in [-0.15, -0.1) is 10.2 Å². The van der Waals surface area contributed by atoms with E-state index in [0.717, 1.165) is 20.5 Å². The van der Waals surface area contributed by atoms with Crippen molar-refractivity contribution in [1.29, 1.82) is 0 Å². The number of aliphatic hydroxyl groups is 1. The number of aryl methyl sites for hydroxylation is 1. The lowest BCUT2D eigenvalue weighted by atomic mass is 9.91. The zero-order chi connectivity index (χ0) is 27.4. The summed E-state index contributed by atoms with van der Waals surface area (Å²) in [5.74, 6) is 0.670. The molecule has 2 N–H and O–H groups in total. The molecule has 1 aromatic heterocycles. The van der Waals surface area contributed by atoms with E-state index in [-0.39, 0.29) is 29.6 Å². The summed E-state index contributed by atoms with van der Waals surface area (Å²) >= 11 is 3.15. The zero-order valence-electron chi connectivity index (χ0n) is 21.4. The van der Waals surface area contributed by atoms with E-state index >= 15 is 0 Å². The number of benzene rings is 3. The Labute approximate surface area is 236 Å². The van der Waals surface area contributed by atoms with Crippen LogP contribution in [0.5, 0.6) is 0 Å². The lowest BCUT2D eigenvalue weighted by Gasteiger charge is -2.41. The molecule has 1 fully saturated rings. The smallest absolute Gasteiger partial charge is 0.261 e. The van der Waals surface area contributed by atoms with Crippen molar-refractivity contribution < 1.29 is 23.0 Å². The normalized spacial score (nSPS) is 21.5. The van der Waals surface area contributed by atoms with E-state index in [1.807, 2.05) is 37.3 Å². The van der Waals surface area contributed by atoms with Crippen LogP contribution >= 0.6 is 23.1 Å². The van der Waals surface area contributed by atoms with Gasteiger partial charge in [-0.1, -0.05) is 84.6 Å². The maximum absolute atomic E-state index is 12.9. The third kappa shape index (κ3) is 6.68. The molecule has 0 amide bonds. The number of hydrogen-bond donors (Lipinski definition) is 2. The first kappa shape index (κ1) is 27.8. The van der Waals surface area contributed by atoms with Gasteiger partial charge in [0.2, 0.25) is 0 Å². The van der Waals surface area contributed by atoms with E-state index in [2.05, 4.69) is 21.8 Å². The molecule has 1 aliphatic heterocycles. The highest BCUT2D eigenvalue weighted by Gasteiger charge is 2.38. The van der Waals surface area contributed by atoms with Gasteiger partial charge in [0.15, 0.2) is 10.6 Å². The molecule has 3 aromatic carbocycles. The Balaban J connectivity index is 1.40. The van der Waals surface area contributed by atoms with Crippen molar-refractivity contribution in [2.75, 3.05) is 10.5 Å². The fraction of sp³-hybridized carbons (Fsp3) is 0.286. The quantitative estimate of drug-likeness (QED) is 0.241. The van der Waals surface area contributed by atoms with Crippen molar-refractivity contribution in [3.05, 3.63) is 101 Å². The molecule has 1 aliphatic rings. The van der Waals surface area contributed by atoms with Crippen LogP contribution in [0, 0.1) is 12.8 Å². The Morgan fingerprint density at radius 3 is 2.44 bits per heavy atom. The van der Waals surface area contributed by atoms with Gasteiger partial charge in [0.25, 0.3) is 10.0 Å². The molecule has 2 heterocycles. The highest BCUT2D eigenvalue weighted by molar-refractivity contribution is 8.01. The average molecular weight is 584 g/mol. The van der Waals surface area contributed by atoms with Gasteiger partial charge in [-0.25, -0.2) is 8.42 Å². The third-order valence-electron chi connectivity index (χ3n) is 6.47. The van der Waals surface area contributed by atoms with E-state index in [0.29, 0.717) is 17.0 Å². The minimum atomic E-state index is -3.75. The summed E-state index contributed by atoms with van der Waals surface area (Å²) < 4.78 is 42.3. The van der Waals surface area contributed by atoms with Crippen molar-refractivity contribution in [2.45, 2.75) is 48.2 Å². The van der Waals surface area contributed by atoms with Crippen LogP contribution in [0.25, 0.3) is 0 Å². The third-order valence-corrected chi connectivity index (χ3v) is 9.92. The summed E-state index contributed by atoms with van der Waals surface area (Å²) in [5.41, 5.74) is 2.93. The van der Waals surface area contributed by atoms with Gasteiger partial charge in [-0.05, 0) is 42.3 Å². The fourth-order valence-corrected chi connectivity index (χ4v) is 7.44. The molecule has 5 rings (SSSR count). The molecule has 39 heavy (non-hydrogen) atoms.